The largest absolute Gasteiger partial charge is 0.507 e. The van der Waals surface area contributed by atoms with Gasteiger partial charge >= 0.3 is 0 Å². The first-order chi connectivity index (χ1) is 14.5. The maximum atomic E-state index is 13.0. The SMILES string of the molecule is COc1ccc(C2c3c(-c4cc(Cl)ccc4O)n[nH]c3C(=O)N2CCO)cc1OC. The van der Waals surface area contributed by atoms with E-state index in [1.54, 1.807) is 36.3 Å². The first-order valence-corrected chi connectivity index (χ1v) is 9.58. The van der Waals surface area contributed by atoms with Crippen LogP contribution in [0.3, 0.4) is 0 Å². The second-order valence-corrected chi connectivity index (χ2v) is 7.20. The summed E-state index contributed by atoms with van der Waals surface area (Å²) in [5, 5.41) is 27.5. The van der Waals surface area contributed by atoms with Crippen molar-refractivity contribution in [3.8, 4) is 28.5 Å². The number of phenolic OH excluding ortho intramolecular Hbond substituents is 1. The molecule has 1 aliphatic rings. The molecule has 3 N–H and O–H groups in total. The van der Waals surface area contributed by atoms with E-state index in [1.807, 2.05) is 6.07 Å². The summed E-state index contributed by atoms with van der Waals surface area (Å²) >= 11 is 6.13. The van der Waals surface area contributed by atoms with Crippen LogP contribution < -0.4 is 9.47 Å². The normalized spacial score (nSPS) is 15.4. The Morgan fingerprint density at radius 2 is 1.93 bits per heavy atom. The highest BCUT2D eigenvalue weighted by Gasteiger charge is 2.42. The van der Waals surface area contributed by atoms with Crippen molar-refractivity contribution in [2.45, 2.75) is 6.04 Å². The van der Waals surface area contributed by atoms with E-state index in [2.05, 4.69) is 10.2 Å². The van der Waals surface area contributed by atoms with E-state index in [1.165, 1.54) is 13.2 Å². The quantitative estimate of drug-likeness (QED) is 0.556. The maximum Gasteiger partial charge on any atom is 0.273 e. The summed E-state index contributed by atoms with van der Waals surface area (Å²) in [4.78, 5) is 14.6. The molecular weight excluding hydrogens is 410 g/mol. The van der Waals surface area contributed by atoms with Gasteiger partial charge in [-0.3, -0.25) is 9.89 Å². The van der Waals surface area contributed by atoms with Crippen LogP contribution in [-0.2, 0) is 0 Å². The van der Waals surface area contributed by atoms with Crippen LogP contribution in [0, 0.1) is 0 Å². The van der Waals surface area contributed by atoms with E-state index in [-0.39, 0.29) is 24.8 Å². The van der Waals surface area contributed by atoms with Gasteiger partial charge in [-0.05, 0) is 35.9 Å². The predicted molar refractivity (Wildman–Crippen MR) is 110 cm³/mol. The number of amides is 1. The molecule has 0 fully saturated rings. The summed E-state index contributed by atoms with van der Waals surface area (Å²) in [6.45, 7) is -0.0771. The number of carbonyl (C=O) groups is 1. The van der Waals surface area contributed by atoms with Gasteiger partial charge in [0.05, 0.1) is 26.9 Å². The fourth-order valence-electron chi connectivity index (χ4n) is 3.81. The summed E-state index contributed by atoms with van der Waals surface area (Å²) in [6.07, 6.45) is 0. The lowest BCUT2D eigenvalue weighted by Gasteiger charge is -2.26. The van der Waals surface area contributed by atoms with Crippen LogP contribution in [0.25, 0.3) is 11.3 Å². The van der Waals surface area contributed by atoms with Gasteiger partial charge in [0.25, 0.3) is 5.91 Å². The number of rotatable bonds is 6. The number of ether oxygens (including phenoxy) is 2. The molecule has 0 radical (unpaired) electrons. The van der Waals surface area contributed by atoms with E-state index < -0.39 is 6.04 Å². The number of methoxy groups -OCH3 is 2. The molecule has 0 saturated heterocycles. The molecule has 1 amide bonds. The van der Waals surface area contributed by atoms with E-state index in [9.17, 15) is 15.0 Å². The minimum absolute atomic E-state index is 0.00665. The van der Waals surface area contributed by atoms with Crippen molar-refractivity contribution >= 4 is 17.5 Å². The van der Waals surface area contributed by atoms with Gasteiger partial charge in [-0.15, -0.1) is 0 Å². The van der Waals surface area contributed by atoms with E-state index in [4.69, 9.17) is 21.1 Å². The zero-order valence-electron chi connectivity index (χ0n) is 16.3. The number of nitrogens with zero attached hydrogens (tertiary/aromatic N) is 2. The third kappa shape index (κ3) is 3.14. The summed E-state index contributed by atoms with van der Waals surface area (Å²) in [7, 11) is 3.08. The van der Waals surface area contributed by atoms with Crippen molar-refractivity contribution in [2.24, 2.45) is 0 Å². The number of aliphatic hydroxyl groups is 1. The molecule has 0 aliphatic carbocycles. The predicted octanol–water partition coefficient (Wildman–Crippen LogP) is 2.99. The Labute approximate surface area is 177 Å². The molecule has 30 heavy (non-hydrogen) atoms. The highest BCUT2D eigenvalue weighted by Crippen LogP contribution is 2.46. The molecule has 0 spiro atoms. The molecule has 156 valence electrons. The number of benzene rings is 2. The lowest BCUT2D eigenvalue weighted by atomic mass is 9.95. The molecule has 0 bridgehead atoms. The van der Waals surface area contributed by atoms with Crippen molar-refractivity contribution in [3.05, 3.63) is 58.2 Å². The lowest BCUT2D eigenvalue weighted by molar-refractivity contribution is 0.0706. The standard InChI is InChI=1S/C21H20ClN3O5/c1-29-15-6-3-11(9-16(15)30-2)20-17-18(13-10-12(22)4-5-14(13)27)23-24-19(17)21(28)25(20)7-8-26/h3-6,9-10,20,26-27H,7-8H2,1-2H3,(H,23,24). The number of aromatic amines is 1. The number of phenols is 1. The fourth-order valence-corrected chi connectivity index (χ4v) is 3.98. The Bertz CT molecular complexity index is 1110. The highest BCUT2D eigenvalue weighted by molar-refractivity contribution is 6.31. The minimum Gasteiger partial charge on any atom is -0.507 e. The molecule has 9 heteroatoms. The second-order valence-electron chi connectivity index (χ2n) is 6.76. The molecule has 1 aromatic heterocycles. The summed E-state index contributed by atoms with van der Waals surface area (Å²) in [5.74, 6) is 0.766. The molecule has 4 rings (SSSR count). The van der Waals surface area contributed by atoms with Crippen molar-refractivity contribution in [3.63, 3.8) is 0 Å². The van der Waals surface area contributed by atoms with Crippen LogP contribution >= 0.6 is 11.6 Å². The van der Waals surface area contributed by atoms with Crippen molar-refractivity contribution in [1.82, 2.24) is 15.1 Å². The number of H-pyrrole nitrogens is 1. The third-order valence-corrected chi connectivity index (χ3v) is 5.38. The second kappa shape index (κ2) is 7.89. The third-order valence-electron chi connectivity index (χ3n) is 5.14. The number of aromatic nitrogens is 2. The molecular formula is C21H20ClN3O5. The molecule has 8 nitrogen and oxygen atoms in total. The van der Waals surface area contributed by atoms with E-state index in [0.717, 1.165) is 5.56 Å². The zero-order chi connectivity index (χ0) is 21.4. The Balaban J connectivity index is 1.92. The number of halogens is 1. The minimum atomic E-state index is -0.549. The van der Waals surface area contributed by atoms with Gasteiger partial charge in [0.2, 0.25) is 0 Å². The lowest BCUT2D eigenvalue weighted by Crippen LogP contribution is -2.32. The Morgan fingerprint density at radius 1 is 1.17 bits per heavy atom. The monoisotopic (exact) mass is 429 g/mol. The number of carbonyl (C=O) groups excluding carboxylic acids is 1. The van der Waals surface area contributed by atoms with E-state index >= 15 is 0 Å². The van der Waals surface area contributed by atoms with Crippen LogP contribution in [-0.4, -0.2) is 58.6 Å². The van der Waals surface area contributed by atoms with Crippen molar-refractivity contribution in [2.75, 3.05) is 27.4 Å². The van der Waals surface area contributed by atoms with Gasteiger partial charge in [0.15, 0.2) is 11.5 Å². The van der Waals surface area contributed by atoms with Crippen LogP contribution in [0.2, 0.25) is 5.02 Å². The molecule has 1 aliphatic heterocycles. The van der Waals surface area contributed by atoms with Gasteiger partial charge in [-0.2, -0.15) is 5.10 Å². The first-order valence-electron chi connectivity index (χ1n) is 9.21. The average molecular weight is 430 g/mol. The molecule has 2 aromatic carbocycles. The number of fused-ring (bicyclic) bond motifs is 1. The van der Waals surface area contributed by atoms with Crippen LogP contribution in [0.5, 0.6) is 17.2 Å². The molecule has 1 unspecified atom stereocenters. The number of β-amino-alcohol motifs (C(OH)–C–C–N with tert-alkyl or cyclic N) is 1. The summed E-state index contributed by atoms with van der Waals surface area (Å²) in [6, 6.07) is 9.46. The van der Waals surface area contributed by atoms with Crippen molar-refractivity contribution in [1.29, 1.82) is 0 Å². The van der Waals surface area contributed by atoms with Gasteiger partial charge in [-0.1, -0.05) is 17.7 Å². The number of aromatic hydroxyl groups is 1. The zero-order valence-corrected chi connectivity index (χ0v) is 17.1. The number of hydrogen-bond acceptors (Lipinski definition) is 6. The molecule has 3 aromatic rings. The molecule has 1 atom stereocenters. The topological polar surface area (TPSA) is 108 Å². The number of aliphatic hydroxyl groups excluding tert-OH is 1. The fraction of sp³-hybridized carbons (Fsp3) is 0.238. The Hall–Kier alpha value is -3.23. The molecule has 0 saturated carbocycles. The van der Waals surface area contributed by atoms with Crippen molar-refractivity contribution < 1.29 is 24.5 Å². The Morgan fingerprint density at radius 3 is 2.63 bits per heavy atom. The average Bonchev–Trinajstić information content (AvgIpc) is 3.29. The Kier molecular flexibility index (Phi) is 5.27. The van der Waals surface area contributed by atoms with E-state index in [0.29, 0.717) is 39.0 Å². The highest BCUT2D eigenvalue weighted by atomic mass is 35.5. The van der Waals surface area contributed by atoms with Crippen LogP contribution in [0.1, 0.15) is 27.7 Å². The number of nitrogens with one attached hydrogen (secondary N) is 1. The van der Waals surface area contributed by atoms with Gasteiger partial charge in [-0.25, -0.2) is 0 Å². The van der Waals surface area contributed by atoms with Crippen LogP contribution in [0.4, 0.5) is 0 Å². The summed E-state index contributed by atoms with van der Waals surface area (Å²) < 4.78 is 10.7. The molecule has 2 heterocycles. The smallest absolute Gasteiger partial charge is 0.273 e. The number of hydrogen-bond donors (Lipinski definition) is 3. The maximum absolute atomic E-state index is 13.0. The first kappa shape index (κ1) is 20.1. The van der Waals surface area contributed by atoms with Gasteiger partial charge < -0.3 is 24.6 Å². The summed E-state index contributed by atoms with van der Waals surface area (Å²) in [5.41, 5.74) is 2.47. The van der Waals surface area contributed by atoms with Gasteiger partial charge in [0.1, 0.15) is 17.1 Å². The van der Waals surface area contributed by atoms with Crippen LogP contribution in [0.15, 0.2) is 36.4 Å². The van der Waals surface area contributed by atoms with Gasteiger partial charge in [0, 0.05) is 22.7 Å².